The van der Waals surface area contributed by atoms with Gasteiger partial charge in [0.1, 0.15) is 5.82 Å². The zero-order valence-corrected chi connectivity index (χ0v) is 14.9. The second-order valence-electron chi connectivity index (χ2n) is 5.87. The van der Waals surface area contributed by atoms with Crippen LogP contribution in [0.25, 0.3) is 0 Å². The molecule has 0 aliphatic carbocycles. The van der Waals surface area contributed by atoms with Crippen molar-refractivity contribution < 1.29 is 9.53 Å². The number of esters is 1. The smallest absolute Gasteiger partial charge is 0.339 e. The molecule has 2 aromatic carbocycles. The Morgan fingerprint density at radius 2 is 1.81 bits per heavy atom. The van der Waals surface area contributed by atoms with Crippen LogP contribution in [0, 0.1) is 13.8 Å². The average Bonchev–Trinajstić information content (AvgIpc) is 2.65. The van der Waals surface area contributed by atoms with Gasteiger partial charge in [-0.2, -0.15) is 4.98 Å². The summed E-state index contributed by atoms with van der Waals surface area (Å²) in [7, 11) is 1.36. The molecule has 0 spiro atoms. The molecule has 2 N–H and O–H groups in total. The number of aryl methyl sites for hydroxylation is 2. The van der Waals surface area contributed by atoms with Crippen LogP contribution in [0.1, 0.15) is 21.5 Å². The quantitative estimate of drug-likeness (QED) is 0.667. The number of hydrogen-bond donors (Lipinski definition) is 2. The van der Waals surface area contributed by atoms with E-state index in [0.29, 0.717) is 23.0 Å². The van der Waals surface area contributed by atoms with E-state index < -0.39 is 5.97 Å². The standard InChI is InChI=1S/C20H20N4O2/c1-13-8-9-14(2)17(12-13)23-20-21-11-10-18(24-20)22-16-7-5-4-6-15(16)19(25)26-3/h4-12H,1-3H3,(H2,21,22,23,24). The molecule has 0 unspecified atom stereocenters. The number of rotatable bonds is 5. The maximum atomic E-state index is 11.9. The first-order valence-electron chi connectivity index (χ1n) is 8.18. The lowest BCUT2D eigenvalue weighted by molar-refractivity contribution is 0.0602. The van der Waals surface area contributed by atoms with Crippen molar-refractivity contribution in [2.45, 2.75) is 13.8 Å². The van der Waals surface area contributed by atoms with Gasteiger partial charge in [-0.3, -0.25) is 0 Å². The molecule has 0 aliphatic heterocycles. The van der Waals surface area contributed by atoms with Crippen LogP contribution < -0.4 is 10.6 Å². The molecule has 6 heteroatoms. The van der Waals surface area contributed by atoms with Crippen molar-refractivity contribution in [1.82, 2.24) is 9.97 Å². The number of nitrogens with zero attached hydrogens (tertiary/aromatic N) is 2. The van der Waals surface area contributed by atoms with E-state index in [0.717, 1.165) is 16.8 Å². The fourth-order valence-corrected chi connectivity index (χ4v) is 2.50. The molecule has 0 amide bonds. The predicted octanol–water partition coefficient (Wildman–Crippen LogP) is 4.37. The molecular formula is C20H20N4O2. The highest BCUT2D eigenvalue weighted by Crippen LogP contribution is 2.23. The Balaban J connectivity index is 1.85. The summed E-state index contributed by atoms with van der Waals surface area (Å²) < 4.78 is 4.82. The van der Waals surface area contributed by atoms with Crippen LogP contribution in [0.15, 0.2) is 54.7 Å². The number of carbonyl (C=O) groups excluding carboxylic acids is 1. The summed E-state index contributed by atoms with van der Waals surface area (Å²) in [6.45, 7) is 4.06. The minimum atomic E-state index is -0.407. The van der Waals surface area contributed by atoms with Crippen molar-refractivity contribution in [3.63, 3.8) is 0 Å². The van der Waals surface area contributed by atoms with E-state index in [-0.39, 0.29) is 0 Å². The van der Waals surface area contributed by atoms with Crippen molar-refractivity contribution in [2.24, 2.45) is 0 Å². The van der Waals surface area contributed by atoms with Gasteiger partial charge in [-0.15, -0.1) is 0 Å². The van der Waals surface area contributed by atoms with E-state index in [9.17, 15) is 4.79 Å². The number of para-hydroxylation sites is 1. The highest BCUT2D eigenvalue weighted by molar-refractivity contribution is 5.96. The number of nitrogens with one attached hydrogen (secondary N) is 2. The van der Waals surface area contributed by atoms with E-state index in [4.69, 9.17) is 4.74 Å². The fourth-order valence-electron chi connectivity index (χ4n) is 2.50. The van der Waals surface area contributed by atoms with E-state index in [1.807, 2.05) is 32.0 Å². The fraction of sp³-hybridized carbons (Fsp3) is 0.150. The first-order chi connectivity index (χ1) is 12.6. The highest BCUT2D eigenvalue weighted by Gasteiger charge is 2.12. The normalized spacial score (nSPS) is 10.3. The van der Waals surface area contributed by atoms with Crippen LogP contribution in [0.4, 0.5) is 23.1 Å². The zero-order chi connectivity index (χ0) is 18.5. The molecule has 0 radical (unpaired) electrons. The van der Waals surface area contributed by atoms with Crippen molar-refractivity contribution in [1.29, 1.82) is 0 Å². The number of methoxy groups -OCH3 is 1. The van der Waals surface area contributed by atoms with E-state index >= 15 is 0 Å². The monoisotopic (exact) mass is 348 g/mol. The topological polar surface area (TPSA) is 76.1 Å². The Bertz CT molecular complexity index is 941. The summed E-state index contributed by atoms with van der Waals surface area (Å²) >= 11 is 0. The van der Waals surface area contributed by atoms with Gasteiger partial charge >= 0.3 is 5.97 Å². The summed E-state index contributed by atoms with van der Waals surface area (Å²) in [4.78, 5) is 20.6. The van der Waals surface area contributed by atoms with Crippen molar-refractivity contribution in [3.8, 4) is 0 Å². The van der Waals surface area contributed by atoms with Gasteiger partial charge in [0.15, 0.2) is 0 Å². The Morgan fingerprint density at radius 3 is 2.62 bits per heavy atom. The second kappa shape index (κ2) is 7.65. The predicted molar refractivity (Wildman–Crippen MR) is 102 cm³/mol. The van der Waals surface area contributed by atoms with Gasteiger partial charge in [-0.25, -0.2) is 9.78 Å². The van der Waals surface area contributed by atoms with Crippen LogP contribution >= 0.6 is 0 Å². The third-order valence-electron chi connectivity index (χ3n) is 3.89. The van der Waals surface area contributed by atoms with Gasteiger partial charge in [-0.05, 0) is 49.2 Å². The number of benzene rings is 2. The molecule has 1 aromatic heterocycles. The summed E-state index contributed by atoms with van der Waals surface area (Å²) in [6.07, 6.45) is 1.66. The molecule has 0 fully saturated rings. The van der Waals surface area contributed by atoms with Crippen molar-refractivity contribution in [3.05, 3.63) is 71.4 Å². The molecule has 0 bridgehead atoms. The van der Waals surface area contributed by atoms with Crippen LogP contribution in [0.5, 0.6) is 0 Å². The molecule has 26 heavy (non-hydrogen) atoms. The number of aromatic nitrogens is 2. The maximum Gasteiger partial charge on any atom is 0.339 e. The Hall–Kier alpha value is -3.41. The van der Waals surface area contributed by atoms with Gasteiger partial charge in [0, 0.05) is 11.9 Å². The minimum absolute atomic E-state index is 0.407. The van der Waals surface area contributed by atoms with Crippen LogP contribution in [0.3, 0.4) is 0 Å². The molecule has 6 nitrogen and oxygen atoms in total. The van der Waals surface area contributed by atoms with Gasteiger partial charge < -0.3 is 15.4 Å². The summed E-state index contributed by atoms with van der Waals surface area (Å²) in [5.41, 5.74) is 4.28. The third kappa shape index (κ3) is 3.97. The number of carbonyl (C=O) groups is 1. The van der Waals surface area contributed by atoms with Crippen molar-refractivity contribution in [2.75, 3.05) is 17.7 Å². The van der Waals surface area contributed by atoms with Gasteiger partial charge in [0.05, 0.1) is 18.4 Å². The molecule has 0 saturated heterocycles. The van der Waals surface area contributed by atoms with Crippen LogP contribution in [-0.2, 0) is 4.74 Å². The van der Waals surface area contributed by atoms with E-state index in [1.54, 1.807) is 30.5 Å². The molecule has 0 aliphatic rings. The Morgan fingerprint density at radius 1 is 1.00 bits per heavy atom. The minimum Gasteiger partial charge on any atom is -0.465 e. The Labute approximate surface area is 152 Å². The average molecular weight is 348 g/mol. The number of ether oxygens (including phenoxy) is 1. The highest BCUT2D eigenvalue weighted by atomic mass is 16.5. The lowest BCUT2D eigenvalue weighted by atomic mass is 10.1. The Kier molecular flexibility index (Phi) is 5.12. The molecule has 3 aromatic rings. The zero-order valence-electron chi connectivity index (χ0n) is 14.9. The first-order valence-corrected chi connectivity index (χ1v) is 8.18. The van der Waals surface area contributed by atoms with Gasteiger partial charge in [-0.1, -0.05) is 24.3 Å². The lowest BCUT2D eigenvalue weighted by Gasteiger charge is -2.12. The molecule has 132 valence electrons. The molecule has 0 atom stereocenters. The van der Waals surface area contributed by atoms with E-state index in [1.165, 1.54) is 7.11 Å². The number of hydrogen-bond acceptors (Lipinski definition) is 6. The van der Waals surface area contributed by atoms with Crippen molar-refractivity contribution >= 4 is 29.1 Å². The lowest BCUT2D eigenvalue weighted by Crippen LogP contribution is -2.07. The molecule has 1 heterocycles. The van der Waals surface area contributed by atoms with Gasteiger partial charge in [0.25, 0.3) is 0 Å². The summed E-state index contributed by atoms with van der Waals surface area (Å²) in [5.74, 6) is 0.638. The number of anilines is 4. The summed E-state index contributed by atoms with van der Waals surface area (Å²) in [6, 6.07) is 15.0. The SMILES string of the molecule is COC(=O)c1ccccc1Nc1ccnc(Nc2cc(C)ccc2C)n1. The first kappa shape index (κ1) is 17.4. The summed E-state index contributed by atoms with van der Waals surface area (Å²) in [5, 5.41) is 6.38. The van der Waals surface area contributed by atoms with Gasteiger partial charge in [0.2, 0.25) is 5.95 Å². The molecule has 0 saturated carbocycles. The molecular weight excluding hydrogens is 328 g/mol. The maximum absolute atomic E-state index is 11.9. The second-order valence-corrected chi connectivity index (χ2v) is 5.87. The molecule has 3 rings (SSSR count). The largest absolute Gasteiger partial charge is 0.465 e. The third-order valence-corrected chi connectivity index (χ3v) is 3.89. The van der Waals surface area contributed by atoms with E-state index in [2.05, 4.69) is 26.7 Å². The van der Waals surface area contributed by atoms with Crippen LogP contribution in [-0.4, -0.2) is 23.0 Å². The van der Waals surface area contributed by atoms with Crippen LogP contribution in [0.2, 0.25) is 0 Å².